The van der Waals surface area contributed by atoms with Gasteiger partial charge in [-0.3, -0.25) is 0 Å². The molecule has 0 spiro atoms. The largest absolute Gasteiger partial charge is 0.315 e. The van der Waals surface area contributed by atoms with Crippen molar-refractivity contribution >= 4 is 11.6 Å². The van der Waals surface area contributed by atoms with Crippen LogP contribution in [0.5, 0.6) is 0 Å². The van der Waals surface area contributed by atoms with Crippen LogP contribution in [0.4, 0.5) is 0 Å². The summed E-state index contributed by atoms with van der Waals surface area (Å²) in [5, 5.41) is 3.92. The molecule has 1 aliphatic rings. The van der Waals surface area contributed by atoms with Crippen LogP contribution in [-0.4, -0.2) is 44.0 Å². The van der Waals surface area contributed by atoms with Crippen LogP contribution >= 0.6 is 11.6 Å². The molecule has 1 saturated carbocycles. The molecule has 1 fully saturated rings. The van der Waals surface area contributed by atoms with E-state index >= 15 is 0 Å². The minimum Gasteiger partial charge on any atom is -0.315 e. The zero-order valence-electron chi connectivity index (χ0n) is 8.72. The maximum Gasteiger partial charge on any atom is 0.0339 e. The third-order valence-corrected chi connectivity index (χ3v) is 3.04. The number of nitrogens with one attached hydrogen (secondary N) is 1. The van der Waals surface area contributed by atoms with Crippen molar-refractivity contribution in [2.24, 2.45) is 5.92 Å². The number of likely N-dealkylation sites (N-methyl/N-ethyl adjacent to an activating group) is 1. The Balaban J connectivity index is 1.94. The van der Waals surface area contributed by atoms with Crippen LogP contribution < -0.4 is 5.32 Å². The number of rotatable bonds is 5. The molecule has 13 heavy (non-hydrogen) atoms. The third kappa shape index (κ3) is 4.84. The fraction of sp³-hybridized carbons (Fsp3) is 1.00. The smallest absolute Gasteiger partial charge is 0.0339 e. The first-order valence-corrected chi connectivity index (χ1v) is 5.61. The summed E-state index contributed by atoms with van der Waals surface area (Å²) in [6, 6.07) is 0. The third-order valence-electron chi connectivity index (χ3n) is 2.65. The van der Waals surface area contributed by atoms with Crippen molar-refractivity contribution in [3.63, 3.8) is 0 Å². The normalized spacial score (nSPS) is 28.6. The highest BCUT2D eigenvalue weighted by Gasteiger charge is 2.21. The summed E-state index contributed by atoms with van der Waals surface area (Å²) in [6.45, 7) is 3.37. The lowest BCUT2D eigenvalue weighted by molar-refractivity contribution is 0.387. The first-order valence-electron chi connectivity index (χ1n) is 5.18. The molecule has 0 aromatic rings. The van der Waals surface area contributed by atoms with E-state index in [-0.39, 0.29) is 0 Å². The average Bonchev–Trinajstić information content (AvgIpc) is 2.45. The average molecular weight is 205 g/mol. The number of hydrogen-bond donors (Lipinski definition) is 1. The summed E-state index contributed by atoms with van der Waals surface area (Å²) in [6.07, 6.45) is 3.72. The monoisotopic (exact) mass is 204 g/mol. The van der Waals surface area contributed by atoms with E-state index < -0.39 is 0 Å². The molecule has 0 bridgehead atoms. The Bertz CT molecular complexity index is 139. The molecule has 2 nitrogen and oxygen atoms in total. The fourth-order valence-electron chi connectivity index (χ4n) is 1.81. The molecule has 0 aromatic heterocycles. The summed E-state index contributed by atoms with van der Waals surface area (Å²) >= 11 is 6.03. The van der Waals surface area contributed by atoms with Gasteiger partial charge in [-0.25, -0.2) is 0 Å². The Labute approximate surface area is 86.6 Å². The van der Waals surface area contributed by atoms with Gasteiger partial charge in [-0.2, -0.15) is 0 Å². The number of alkyl halides is 1. The minimum atomic E-state index is 0.445. The van der Waals surface area contributed by atoms with Crippen molar-refractivity contribution in [1.29, 1.82) is 0 Å². The van der Waals surface area contributed by atoms with Gasteiger partial charge in [0.2, 0.25) is 0 Å². The second-order valence-electron chi connectivity index (χ2n) is 4.28. The van der Waals surface area contributed by atoms with Crippen molar-refractivity contribution in [3.05, 3.63) is 0 Å². The van der Waals surface area contributed by atoms with Crippen LogP contribution in [0.2, 0.25) is 0 Å². The lowest BCUT2D eigenvalue weighted by Gasteiger charge is -2.13. The van der Waals surface area contributed by atoms with Crippen LogP contribution in [0.15, 0.2) is 0 Å². The molecule has 78 valence electrons. The Morgan fingerprint density at radius 1 is 1.38 bits per heavy atom. The second-order valence-corrected chi connectivity index (χ2v) is 4.90. The number of hydrogen-bond acceptors (Lipinski definition) is 2. The molecule has 0 radical (unpaired) electrons. The molecule has 3 heteroatoms. The van der Waals surface area contributed by atoms with Crippen LogP contribution in [0, 0.1) is 5.92 Å². The molecule has 2 atom stereocenters. The van der Waals surface area contributed by atoms with E-state index in [2.05, 4.69) is 24.3 Å². The van der Waals surface area contributed by atoms with Crippen molar-refractivity contribution < 1.29 is 0 Å². The van der Waals surface area contributed by atoms with Crippen molar-refractivity contribution in [1.82, 2.24) is 10.2 Å². The molecule has 0 saturated heterocycles. The maximum atomic E-state index is 6.03. The van der Waals surface area contributed by atoms with Gasteiger partial charge >= 0.3 is 0 Å². The minimum absolute atomic E-state index is 0.445. The van der Waals surface area contributed by atoms with E-state index in [9.17, 15) is 0 Å². The standard InChI is InChI=1S/C10H21ClN2/c1-13(2)6-5-12-8-9-3-4-10(11)7-9/h9-10,12H,3-8H2,1-2H3. The van der Waals surface area contributed by atoms with Crippen molar-refractivity contribution in [2.75, 3.05) is 33.7 Å². The number of halogens is 1. The first kappa shape index (κ1) is 11.3. The van der Waals surface area contributed by atoms with Crippen LogP contribution in [-0.2, 0) is 0 Å². The van der Waals surface area contributed by atoms with Gasteiger partial charge < -0.3 is 10.2 Å². The van der Waals surface area contributed by atoms with Crippen LogP contribution in [0.3, 0.4) is 0 Å². The predicted octanol–water partition coefficient (Wildman–Crippen LogP) is 1.55. The van der Waals surface area contributed by atoms with Gasteiger partial charge in [0.25, 0.3) is 0 Å². The van der Waals surface area contributed by atoms with Gasteiger partial charge in [0, 0.05) is 18.5 Å². The molecule has 1 rings (SSSR count). The zero-order valence-corrected chi connectivity index (χ0v) is 9.48. The number of nitrogens with zero attached hydrogens (tertiary/aromatic N) is 1. The SMILES string of the molecule is CN(C)CCNCC1CCC(Cl)C1. The van der Waals surface area contributed by atoms with E-state index in [1.165, 1.54) is 19.3 Å². The van der Waals surface area contributed by atoms with E-state index in [0.29, 0.717) is 5.38 Å². The van der Waals surface area contributed by atoms with Crippen molar-refractivity contribution in [3.8, 4) is 0 Å². The molecule has 0 amide bonds. The van der Waals surface area contributed by atoms with Crippen LogP contribution in [0.25, 0.3) is 0 Å². The summed E-state index contributed by atoms with van der Waals surface area (Å²) in [7, 11) is 4.21. The summed E-state index contributed by atoms with van der Waals surface area (Å²) < 4.78 is 0. The molecule has 0 aliphatic heterocycles. The molecule has 2 unspecified atom stereocenters. The van der Waals surface area contributed by atoms with E-state index in [1.54, 1.807) is 0 Å². The topological polar surface area (TPSA) is 15.3 Å². The van der Waals surface area contributed by atoms with Gasteiger partial charge in [0.05, 0.1) is 0 Å². The van der Waals surface area contributed by atoms with E-state index in [0.717, 1.165) is 25.6 Å². The predicted molar refractivity (Wildman–Crippen MR) is 58.4 cm³/mol. The fourth-order valence-corrected chi connectivity index (χ4v) is 2.19. The quantitative estimate of drug-likeness (QED) is 0.540. The summed E-state index contributed by atoms with van der Waals surface area (Å²) in [4.78, 5) is 2.20. The van der Waals surface area contributed by atoms with Crippen LogP contribution in [0.1, 0.15) is 19.3 Å². The Morgan fingerprint density at radius 2 is 2.15 bits per heavy atom. The Hall–Kier alpha value is 0.210. The molecule has 1 aliphatic carbocycles. The highest BCUT2D eigenvalue weighted by atomic mass is 35.5. The summed E-state index contributed by atoms with van der Waals surface area (Å²) in [5.74, 6) is 0.824. The highest BCUT2D eigenvalue weighted by Crippen LogP contribution is 2.28. The molecular weight excluding hydrogens is 184 g/mol. The molecule has 0 aromatic carbocycles. The Morgan fingerprint density at radius 3 is 2.69 bits per heavy atom. The first-order chi connectivity index (χ1) is 6.18. The van der Waals surface area contributed by atoms with Gasteiger partial charge in [0.1, 0.15) is 0 Å². The lowest BCUT2D eigenvalue weighted by atomic mass is 10.1. The molecular formula is C10H21ClN2. The van der Waals surface area contributed by atoms with Gasteiger partial charge in [0.15, 0.2) is 0 Å². The maximum absolute atomic E-state index is 6.03. The van der Waals surface area contributed by atoms with E-state index in [1.807, 2.05) is 0 Å². The van der Waals surface area contributed by atoms with Gasteiger partial charge in [-0.1, -0.05) is 0 Å². The van der Waals surface area contributed by atoms with Gasteiger partial charge in [-0.15, -0.1) is 11.6 Å². The van der Waals surface area contributed by atoms with E-state index in [4.69, 9.17) is 11.6 Å². The zero-order chi connectivity index (χ0) is 9.68. The molecule has 1 N–H and O–H groups in total. The Kier molecular flexibility index (Phi) is 5.07. The van der Waals surface area contributed by atoms with Gasteiger partial charge in [-0.05, 0) is 45.8 Å². The molecule has 0 heterocycles. The summed E-state index contributed by atoms with van der Waals surface area (Å²) in [5.41, 5.74) is 0. The van der Waals surface area contributed by atoms with Crippen molar-refractivity contribution in [2.45, 2.75) is 24.6 Å². The lowest BCUT2D eigenvalue weighted by Crippen LogP contribution is -2.29. The highest BCUT2D eigenvalue weighted by molar-refractivity contribution is 6.20. The second kappa shape index (κ2) is 5.84.